The van der Waals surface area contributed by atoms with Crippen LogP contribution in [0.3, 0.4) is 0 Å². The normalized spacial score (nSPS) is 16.3. The summed E-state index contributed by atoms with van der Waals surface area (Å²) in [6.45, 7) is 3.62. The highest BCUT2D eigenvalue weighted by Crippen LogP contribution is 2.37. The van der Waals surface area contributed by atoms with Crippen molar-refractivity contribution in [2.24, 2.45) is 0 Å². The van der Waals surface area contributed by atoms with Crippen LogP contribution >= 0.6 is 0 Å². The molecule has 2 atom stereocenters. The second kappa shape index (κ2) is 9.15. The third-order valence-corrected chi connectivity index (χ3v) is 7.40. The van der Waals surface area contributed by atoms with E-state index in [2.05, 4.69) is 5.32 Å². The van der Waals surface area contributed by atoms with Crippen LogP contribution in [0.15, 0.2) is 77.7 Å². The van der Waals surface area contributed by atoms with Crippen molar-refractivity contribution in [2.45, 2.75) is 30.9 Å². The van der Waals surface area contributed by atoms with E-state index >= 15 is 0 Å². The number of carbonyl (C=O) groups excluding carboxylic acids is 1. The largest absolute Gasteiger partial charge is 0.497 e. The zero-order valence-electron chi connectivity index (χ0n) is 18.7. The first-order chi connectivity index (χ1) is 15.8. The van der Waals surface area contributed by atoms with Crippen molar-refractivity contribution in [1.82, 2.24) is 5.32 Å². The van der Waals surface area contributed by atoms with Crippen molar-refractivity contribution in [3.8, 4) is 11.5 Å². The van der Waals surface area contributed by atoms with Gasteiger partial charge in [-0.25, -0.2) is 8.42 Å². The Labute approximate surface area is 194 Å². The SMILES string of the molecule is COc1ccc([C@H](C)NC(=O)[C@@H]2CN(S(=O)(=O)c3ccc(C)cc3)c3ccccc3O2)cc1. The first-order valence-corrected chi connectivity index (χ1v) is 12.0. The molecule has 3 aromatic carbocycles. The standard InChI is InChI=1S/C25H26N2O5S/c1-17-8-14-21(15-9-17)33(29,30)27-16-24(32-23-7-5-4-6-22(23)27)25(28)26-18(2)19-10-12-20(31-3)13-11-19/h4-15,18,24H,16H2,1-3H3,(H,26,28)/t18-,24-/m0/s1. The maximum absolute atomic E-state index is 13.5. The molecule has 0 bridgehead atoms. The maximum atomic E-state index is 13.5. The van der Waals surface area contributed by atoms with Crippen LogP contribution in [0.4, 0.5) is 5.69 Å². The number of hydrogen-bond donors (Lipinski definition) is 1. The predicted molar refractivity (Wildman–Crippen MR) is 126 cm³/mol. The molecule has 0 aliphatic carbocycles. The highest BCUT2D eigenvalue weighted by atomic mass is 32.2. The molecule has 4 rings (SSSR count). The Balaban J connectivity index is 1.59. The van der Waals surface area contributed by atoms with Gasteiger partial charge in [-0.05, 0) is 55.8 Å². The highest BCUT2D eigenvalue weighted by molar-refractivity contribution is 7.92. The van der Waals surface area contributed by atoms with Gasteiger partial charge in [-0.1, -0.05) is 42.0 Å². The summed E-state index contributed by atoms with van der Waals surface area (Å²) in [6.07, 6.45) is -0.999. The lowest BCUT2D eigenvalue weighted by molar-refractivity contribution is -0.128. The van der Waals surface area contributed by atoms with Crippen LogP contribution in [0.1, 0.15) is 24.1 Å². The van der Waals surface area contributed by atoms with Crippen LogP contribution in [0.5, 0.6) is 11.5 Å². The molecule has 0 radical (unpaired) electrons. The number of sulfonamides is 1. The summed E-state index contributed by atoms with van der Waals surface area (Å²) in [5, 5.41) is 2.93. The number of methoxy groups -OCH3 is 1. The molecule has 8 heteroatoms. The number of benzene rings is 3. The highest BCUT2D eigenvalue weighted by Gasteiger charge is 2.37. The second-order valence-corrected chi connectivity index (χ2v) is 9.79. The lowest BCUT2D eigenvalue weighted by atomic mass is 10.1. The third-order valence-electron chi connectivity index (χ3n) is 5.61. The molecule has 1 aliphatic rings. The molecular formula is C25H26N2O5S. The molecule has 1 amide bonds. The van der Waals surface area contributed by atoms with Gasteiger partial charge in [0.05, 0.1) is 30.3 Å². The first kappa shape index (κ1) is 22.7. The van der Waals surface area contributed by atoms with Crippen LogP contribution in [0.25, 0.3) is 0 Å². The smallest absolute Gasteiger partial charge is 0.264 e. The van der Waals surface area contributed by atoms with E-state index < -0.39 is 22.0 Å². The van der Waals surface area contributed by atoms with Gasteiger partial charge in [-0.3, -0.25) is 9.10 Å². The lowest BCUT2D eigenvalue weighted by Crippen LogP contribution is -2.51. The average molecular weight is 467 g/mol. The Morgan fingerprint density at radius 1 is 1.06 bits per heavy atom. The molecule has 0 saturated carbocycles. The van der Waals surface area contributed by atoms with E-state index in [0.29, 0.717) is 11.4 Å². The van der Waals surface area contributed by atoms with Crippen LogP contribution in [-0.2, 0) is 14.8 Å². The zero-order chi connectivity index (χ0) is 23.6. The fourth-order valence-corrected chi connectivity index (χ4v) is 5.16. The first-order valence-electron chi connectivity index (χ1n) is 10.6. The Morgan fingerprint density at radius 3 is 2.39 bits per heavy atom. The summed E-state index contributed by atoms with van der Waals surface area (Å²) in [4.78, 5) is 13.2. The summed E-state index contributed by atoms with van der Waals surface area (Å²) >= 11 is 0. The Bertz CT molecular complexity index is 1240. The summed E-state index contributed by atoms with van der Waals surface area (Å²) in [6, 6.07) is 20.6. The molecule has 0 saturated heterocycles. The molecule has 0 fully saturated rings. The van der Waals surface area contributed by atoms with Crippen molar-refractivity contribution in [3.63, 3.8) is 0 Å². The molecule has 3 aromatic rings. The second-order valence-electron chi connectivity index (χ2n) is 7.93. The van der Waals surface area contributed by atoms with Crippen LogP contribution in [0, 0.1) is 6.92 Å². The zero-order valence-corrected chi connectivity index (χ0v) is 19.5. The predicted octanol–water partition coefficient (Wildman–Crippen LogP) is 3.84. The number of rotatable bonds is 6. The molecular weight excluding hydrogens is 440 g/mol. The van der Waals surface area contributed by atoms with E-state index in [9.17, 15) is 13.2 Å². The number of hydrogen-bond acceptors (Lipinski definition) is 5. The van der Waals surface area contributed by atoms with Gasteiger partial charge in [0.2, 0.25) is 0 Å². The maximum Gasteiger partial charge on any atom is 0.264 e. The molecule has 1 N–H and O–H groups in total. The van der Waals surface area contributed by atoms with Crippen LogP contribution in [-0.4, -0.2) is 34.1 Å². The number of amides is 1. The third kappa shape index (κ3) is 4.66. The van der Waals surface area contributed by atoms with Gasteiger partial charge in [0.1, 0.15) is 11.5 Å². The fraction of sp³-hybridized carbons (Fsp3) is 0.240. The Hall–Kier alpha value is -3.52. The van der Waals surface area contributed by atoms with Crippen molar-refractivity contribution in [2.75, 3.05) is 18.0 Å². The number of fused-ring (bicyclic) bond motifs is 1. The van der Waals surface area contributed by atoms with Gasteiger partial charge in [0, 0.05) is 0 Å². The van der Waals surface area contributed by atoms with E-state index in [-0.39, 0.29) is 17.5 Å². The van der Waals surface area contributed by atoms with Gasteiger partial charge < -0.3 is 14.8 Å². The summed E-state index contributed by atoms with van der Waals surface area (Å²) in [5.41, 5.74) is 2.26. The number of para-hydroxylation sites is 2. The number of anilines is 1. The Kier molecular flexibility index (Phi) is 6.29. The topological polar surface area (TPSA) is 84.9 Å². The average Bonchev–Trinajstić information content (AvgIpc) is 2.83. The number of aryl methyl sites for hydroxylation is 1. The number of nitrogens with one attached hydrogen (secondary N) is 1. The minimum absolute atomic E-state index is 0.131. The molecule has 0 aromatic heterocycles. The molecule has 172 valence electrons. The van der Waals surface area contributed by atoms with E-state index in [0.717, 1.165) is 16.9 Å². The van der Waals surface area contributed by atoms with Crippen LogP contribution < -0.4 is 19.1 Å². The molecule has 33 heavy (non-hydrogen) atoms. The molecule has 1 heterocycles. The molecule has 7 nitrogen and oxygen atoms in total. The van der Waals surface area contributed by atoms with Gasteiger partial charge >= 0.3 is 0 Å². The van der Waals surface area contributed by atoms with Crippen molar-refractivity contribution >= 4 is 21.6 Å². The van der Waals surface area contributed by atoms with Crippen molar-refractivity contribution < 1.29 is 22.7 Å². The number of ether oxygens (including phenoxy) is 2. The van der Waals surface area contributed by atoms with E-state index in [4.69, 9.17) is 9.47 Å². The van der Waals surface area contributed by atoms with Crippen molar-refractivity contribution in [1.29, 1.82) is 0 Å². The van der Waals surface area contributed by atoms with Gasteiger partial charge in [-0.2, -0.15) is 0 Å². The molecule has 0 spiro atoms. The van der Waals surface area contributed by atoms with E-state index in [1.165, 1.54) is 4.31 Å². The monoisotopic (exact) mass is 466 g/mol. The minimum Gasteiger partial charge on any atom is -0.497 e. The fourth-order valence-electron chi connectivity index (χ4n) is 3.69. The number of carbonyl (C=O) groups is 1. The van der Waals surface area contributed by atoms with Gasteiger partial charge in [-0.15, -0.1) is 0 Å². The van der Waals surface area contributed by atoms with Gasteiger partial charge in [0.15, 0.2) is 6.10 Å². The van der Waals surface area contributed by atoms with Crippen LogP contribution in [0.2, 0.25) is 0 Å². The summed E-state index contributed by atoms with van der Waals surface area (Å²) in [5.74, 6) is 0.676. The quantitative estimate of drug-likeness (QED) is 0.597. The summed E-state index contributed by atoms with van der Waals surface area (Å²) < 4.78 is 39.3. The molecule has 0 unspecified atom stereocenters. The van der Waals surface area contributed by atoms with E-state index in [1.54, 1.807) is 55.6 Å². The lowest BCUT2D eigenvalue weighted by Gasteiger charge is -2.35. The van der Waals surface area contributed by atoms with Gasteiger partial charge in [0.25, 0.3) is 15.9 Å². The van der Waals surface area contributed by atoms with Crippen molar-refractivity contribution in [3.05, 3.63) is 83.9 Å². The Morgan fingerprint density at radius 2 is 1.73 bits per heavy atom. The summed E-state index contributed by atoms with van der Waals surface area (Å²) in [7, 11) is -2.30. The molecule has 1 aliphatic heterocycles. The number of nitrogens with zero attached hydrogens (tertiary/aromatic N) is 1. The minimum atomic E-state index is -3.89. The van der Waals surface area contributed by atoms with E-state index in [1.807, 2.05) is 38.1 Å².